The largest absolute Gasteiger partial charge is 0.427 e. The van der Waals surface area contributed by atoms with Crippen LogP contribution in [0.3, 0.4) is 0 Å². The first kappa shape index (κ1) is 54.7. The molecule has 16 atom stereocenters. The number of rotatable bonds is 12. The van der Waals surface area contributed by atoms with E-state index in [-0.39, 0.29) is 135 Å². The molecule has 8 saturated carbocycles. The molecule has 9 aliphatic rings. The van der Waals surface area contributed by atoms with E-state index in [1.165, 1.54) is 0 Å². The second-order valence-corrected chi connectivity index (χ2v) is 27.7. The van der Waals surface area contributed by atoms with Crippen LogP contribution >= 0.6 is 0 Å². The molecule has 422 valence electrons. The Hall–Kier alpha value is -5.91. The second-order valence-electron chi connectivity index (χ2n) is 27.7. The van der Waals surface area contributed by atoms with Crippen LogP contribution in [0.2, 0.25) is 0 Å². The number of amides is 1. The van der Waals surface area contributed by atoms with Crippen LogP contribution in [0.1, 0.15) is 174 Å². The van der Waals surface area contributed by atoms with E-state index >= 15 is 0 Å². The van der Waals surface area contributed by atoms with Crippen LogP contribution in [-0.4, -0.2) is 52.5 Å². The molecule has 1 aliphatic heterocycles. The van der Waals surface area contributed by atoms with Gasteiger partial charge in [-0.3, -0.25) is 43.2 Å². The van der Waals surface area contributed by atoms with E-state index < -0.39 is 28.2 Å². The predicted molar refractivity (Wildman–Crippen MR) is 298 cm³/mol. The number of hydrogen-bond donors (Lipinski definition) is 1. The van der Waals surface area contributed by atoms with E-state index in [9.17, 15) is 43.2 Å². The zero-order chi connectivity index (χ0) is 56.4. The van der Waals surface area contributed by atoms with E-state index in [0.29, 0.717) is 92.5 Å². The lowest BCUT2D eigenvalue weighted by molar-refractivity contribution is -0.168. The summed E-state index contributed by atoms with van der Waals surface area (Å²) in [6.45, 7) is 12.9. The standard InChI is InChI=1S/C68H79NO11/c1-37(47-21-23-50-61-52(35-57(74)66(47,50)5)64(3)29-27-43(70)31-41(64)33-55(61)72)11-25-59(76)79-45-17-13-39(14-18-45)68(49-9-7-8-10-54(49)69-63(68)78)40-15-19-46(20-16-40)80-60(77)26-12-38(2)48-22-24-51-62-53(36-58(75)67(48,51)6)65(4)30-28-44(71)32-42(65)34-56(62)73/h7-10,13-20,37-38,41-42,47-48,50-53,61-62H,11-12,21-36H2,1-6H3,(H,69,78)/t37?,38?,41?,42?,47?,48?,50-,51-,52-,53-,61-,62-,64-,65-,66+,67+,68?/m0/s1. The summed E-state index contributed by atoms with van der Waals surface area (Å²) in [5, 5.41) is 3.08. The summed E-state index contributed by atoms with van der Waals surface area (Å²) >= 11 is 0. The highest BCUT2D eigenvalue weighted by Gasteiger charge is 2.68. The maximum Gasteiger partial charge on any atom is 0.311 e. The minimum atomic E-state index is -1.28. The smallest absolute Gasteiger partial charge is 0.311 e. The van der Waals surface area contributed by atoms with Gasteiger partial charge >= 0.3 is 11.9 Å². The van der Waals surface area contributed by atoms with Gasteiger partial charge in [-0.05, 0) is 163 Å². The van der Waals surface area contributed by atoms with Gasteiger partial charge in [-0.2, -0.15) is 0 Å². The number of ether oxygens (including phenoxy) is 2. The lowest BCUT2D eigenvalue weighted by Gasteiger charge is -2.58. The summed E-state index contributed by atoms with van der Waals surface area (Å²) in [7, 11) is 0. The Balaban J connectivity index is 0.678. The molecule has 0 bridgehead atoms. The molecule has 0 aromatic heterocycles. The van der Waals surface area contributed by atoms with E-state index in [2.05, 4.69) is 46.9 Å². The van der Waals surface area contributed by atoms with Crippen molar-refractivity contribution in [2.45, 2.75) is 163 Å². The molecule has 3 aromatic carbocycles. The number of anilines is 1. The van der Waals surface area contributed by atoms with Crippen molar-refractivity contribution in [1.29, 1.82) is 0 Å². The number of ketones is 6. The molecule has 0 saturated heterocycles. The summed E-state index contributed by atoms with van der Waals surface area (Å²) in [4.78, 5) is 123. The number of carbonyl (C=O) groups is 9. The molecule has 0 spiro atoms. The molecular weight excluding hydrogens is 1010 g/mol. The number of benzene rings is 3. The Morgan fingerprint density at radius 3 is 1.40 bits per heavy atom. The van der Waals surface area contributed by atoms with E-state index in [0.717, 1.165) is 44.1 Å². The van der Waals surface area contributed by atoms with Gasteiger partial charge in [0.25, 0.3) is 0 Å². The topological polar surface area (TPSA) is 184 Å². The summed E-state index contributed by atoms with van der Waals surface area (Å²) in [5.74, 6) is 0.866. The zero-order valence-electron chi connectivity index (χ0n) is 47.6. The van der Waals surface area contributed by atoms with Crippen molar-refractivity contribution in [2.75, 3.05) is 5.32 Å². The van der Waals surface area contributed by atoms with Gasteiger partial charge in [0.05, 0.1) is 0 Å². The number of para-hydroxylation sites is 1. The maximum atomic E-state index is 14.4. The van der Waals surface area contributed by atoms with Gasteiger partial charge in [0.2, 0.25) is 5.91 Å². The zero-order valence-corrected chi connectivity index (χ0v) is 47.6. The maximum absolute atomic E-state index is 14.4. The summed E-state index contributed by atoms with van der Waals surface area (Å²) in [6, 6.07) is 21.6. The van der Waals surface area contributed by atoms with E-state index in [1.807, 2.05) is 24.3 Å². The van der Waals surface area contributed by atoms with Crippen LogP contribution < -0.4 is 14.8 Å². The van der Waals surface area contributed by atoms with Gasteiger partial charge in [-0.25, -0.2) is 0 Å². The van der Waals surface area contributed by atoms with Gasteiger partial charge in [0.1, 0.15) is 51.6 Å². The highest BCUT2D eigenvalue weighted by atomic mass is 16.5. The molecule has 1 N–H and O–H groups in total. The van der Waals surface area contributed by atoms with Crippen LogP contribution in [0.4, 0.5) is 5.69 Å². The summed E-state index contributed by atoms with van der Waals surface area (Å²) < 4.78 is 11.8. The van der Waals surface area contributed by atoms with Crippen molar-refractivity contribution in [1.82, 2.24) is 0 Å². The van der Waals surface area contributed by atoms with Gasteiger partial charge in [0, 0.05) is 98.1 Å². The quantitative estimate of drug-likeness (QED) is 0.134. The van der Waals surface area contributed by atoms with Crippen molar-refractivity contribution in [2.24, 2.45) is 92.7 Å². The number of fused-ring (bicyclic) bond motifs is 11. The predicted octanol–water partition coefficient (Wildman–Crippen LogP) is 11.8. The Bertz CT molecular complexity index is 2930. The first-order valence-corrected chi connectivity index (χ1v) is 30.3. The third-order valence-corrected chi connectivity index (χ3v) is 24.4. The first-order valence-electron chi connectivity index (χ1n) is 30.3. The fourth-order valence-corrected chi connectivity index (χ4v) is 19.8. The lowest BCUT2D eigenvalue weighted by Crippen LogP contribution is -2.60. The molecule has 12 heteroatoms. The second kappa shape index (κ2) is 19.9. The first-order chi connectivity index (χ1) is 38.1. The van der Waals surface area contributed by atoms with Gasteiger partial charge in [-0.1, -0.05) is 84.0 Å². The van der Waals surface area contributed by atoms with Gasteiger partial charge < -0.3 is 14.8 Å². The van der Waals surface area contributed by atoms with E-state index in [1.54, 1.807) is 48.5 Å². The number of nitrogens with one attached hydrogen (secondary N) is 1. The fraction of sp³-hybridized carbons (Fsp3) is 0.603. The number of esters is 2. The molecule has 12 rings (SSSR count). The van der Waals surface area contributed by atoms with Gasteiger partial charge in [-0.15, -0.1) is 0 Å². The van der Waals surface area contributed by atoms with Gasteiger partial charge in [0.15, 0.2) is 0 Å². The van der Waals surface area contributed by atoms with Crippen LogP contribution in [0.25, 0.3) is 0 Å². The molecule has 8 aliphatic carbocycles. The Morgan fingerprint density at radius 2 is 0.963 bits per heavy atom. The van der Waals surface area contributed by atoms with Crippen LogP contribution in [0.5, 0.6) is 11.5 Å². The third kappa shape index (κ3) is 8.33. The fourth-order valence-electron chi connectivity index (χ4n) is 19.8. The molecule has 1 amide bonds. The molecule has 12 nitrogen and oxygen atoms in total. The Kier molecular flexibility index (Phi) is 13.6. The van der Waals surface area contributed by atoms with Crippen molar-refractivity contribution in [3.63, 3.8) is 0 Å². The lowest BCUT2D eigenvalue weighted by atomic mass is 9.44. The van der Waals surface area contributed by atoms with E-state index in [4.69, 9.17) is 9.47 Å². The van der Waals surface area contributed by atoms with Crippen LogP contribution in [0.15, 0.2) is 72.8 Å². The molecule has 6 unspecified atom stereocenters. The molecular formula is C68H79NO11. The molecule has 1 heterocycles. The number of Topliss-reactive ketones (excluding diaryl/α,β-unsaturated/α-hetero) is 6. The SMILES string of the molecule is CC(CCC(=O)Oc1ccc(C2(c3ccc(OC(=O)CCC(C)C4CC[C@H]5[C@@H]6C(=O)CC7CC(=O)CC[C@]7(C)[C@H]6CC(=O)[C@]45C)cc3)C(=O)Nc3ccccc32)cc1)C1CC[C@H]2[C@@H]3C(=O)CC4CC(=O)CC[C@]4(C)[C@H]3CC(=O)[C@]12C. The Labute approximate surface area is 470 Å². The van der Waals surface area contributed by atoms with Crippen LogP contribution in [-0.2, 0) is 48.6 Å². The number of hydrogen-bond acceptors (Lipinski definition) is 11. The van der Waals surface area contributed by atoms with Crippen molar-refractivity contribution in [3.8, 4) is 11.5 Å². The third-order valence-electron chi connectivity index (χ3n) is 24.4. The molecule has 8 fully saturated rings. The molecule has 0 radical (unpaired) electrons. The van der Waals surface area contributed by atoms with Crippen molar-refractivity contribution < 1.29 is 52.6 Å². The summed E-state index contributed by atoms with van der Waals surface area (Å²) in [5.41, 5.74) is -0.174. The summed E-state index contributed by atoms with van der Waals surface area (Å²) in [6.07, 6.45) is 9.75. The van der Waals surface area contributed by atoms with Crippen molar-refractivity contribution >= 4 is 58.2 Å². The normalized spacial score (nSPS) is 38.6. The van der Waals surface area contributed by atoms with Crippen LogP contribution in [0, 0.1) is 92.7 Å². The monoisotopic (exact) mass is 1090 g/mol. The highest BCUT2D eigenvalue weighted by Crippen LogP contribution is 2.68. The number of carbonyl (C=O) groups excluding carboxylic acids is 9. The minimum absolute atomic E-state index is 0.0149. The minimum Gasteiger partial charge on any atom is -0.427 e. The molecule has 80 heavy (non-hydrogen) atoms. The molecule has 3 aromatic rings. The average Bonchev–Trinajstić information content (AvgIpc) is 4.23. The average molecular weight is 1090 g/mol. The Morgan fingerprint density at radius 1 is 0.537 bits per heavy atom. The van der Waals surface area contributed by atoms with Crippen molar-refractivity contribution in [3.05, 3.63) is 89.5 Å². The highest BCUT2D eigenvalue weighted by molar-refractivity contribution is 6.11.